The molecule has 1 N–H and O–H groups in total. The molecule has 0 spiro atoms. The Hall–Kier alpha value is -0.910. The molecule has 0 bridgehead atoms. The van der Waals surface area contributed by atoms with Crippen LogP contribution in [-0.4, -0.2) is 63.1 Å². The maximum Gasteiger partial charge on any atom is 0.326 e. The Balaban J connectivity index is 2.01. The number of nitrogens with zero attached hydrogens (tertiary/aromatic N) is 2. The van der Waals surface area contributed by atoms with Gasteiger partial charge in [0, 0.05) is 30.1 Å². The summed E-state index contributed by atoms with van der Waals surface area (Å²) in [5.41, 5.74) is 0. The predicted molar refractivity (Wildman–Crippen MR) is 75.5 cm³/mol. The molecule has 2 aliphatic heterocycles. The van der Waals surface area contributed by atoms with Crippen LogP contribution in [0.3, 0.4) is 0 Å². The molecule has 0 aromatic heterocycles. The second-order valence-electron chi connectivity index (χ2n) is 5.82. The molecule has 2 aliphatic rings. The van der Waals surface area contributed by atoms with E-state index >= 15 is 0 Å². The highest BCUT2D eigenvalue weighted by Gasteiger charge is 2.37. The second-order valence-corrected chi connectivity index (χ2v) is 7.62. The monoisotopic (exact) mass is 286 g/mol. The highest BCUT2D eigenvalue weighted by atomic mass is 32.2. The molecule has 2 fully saturated rings. The lowest BCUT2D eigenvalue weighted by Gasteiger charge is -2.29. The average Bonchev–Trinajstić information content (AvgIpc) is 2.74. The summed E-state index contributed by atoms with van der Waals surface area (Å²) in [6.07, 6.45) is 2.32. The van der Waals surface area contributed by atoms with E-state index in [0.717, 1.165) is 31.7 Å². The van der Waals surface area contributed by atoms with E-state index < -0.39 is 12.0 Å². The Labute approximate surface area is 118 Å². The van der Waals surface area contributed by atoms with Gasteiger partial charge >= 0.3 is 12.0 Å². The van der Waals surface area contributed by atoms with E-state index in [2.05, 4.69) is 13.8 Å². The van der Waals surface area contributed by atoms with Gasteiger partial charge in [0.15, 0.2) is 0 Å². The number of hydrogen-bond donors (Lipinski definition) is 1. The fourth-order valence-corrected chi connectivity index (χ4v) is 3.75. The van der Waals surface area contributed by atoms with Crippen LogP contribution in [-0.2, 0) is 4.79 Å². The SMILES string of the molecule is CC1(C)CCN(C(=O)N2CCC[C@H]2C(=O)O)CCS1. The van der Waals surface area contributed by atoms with Gasteiger partial charge in [-0.25, -0.2) is 9.59 Å². The highest BCUT2D eigenvalue weighted by Crippen LogP contribution is 2.31. The van der Waals surface area contributed by atoms with E-state index in [0.29, 0.717) is 13.0 Å². The lowest BCUT2D eigenvalue weighted by molar-refractivity contribution is -0.141. The van der Waals surface area contributed by atoms with Gasteiger partial charge in [0.1, 0.15) is 6.04 Å². The molecule has 0 unspecified atom stereocenters. The lowest BCUT2D eigenvalue weighted by atomic mass is 10.1. The van der Waals surface area contributed by atoms with Crippen LogP contribution in [0.5, 0.6) is 0 Å². The van der Waals surface area contributed by atoms with Crippen molar-refractivity contribution in [3.63, 3.8) is 0 Å². The summed E-state index contributed by atoms with van der Waals surface area (Å²) in [7, 11) is 0. The van der Waals surface area contributed by atoms with Gasteiger partial charge in [-0.1, -0.05) is 13.8 Å². The fourth-order valence-electron chi connectivity index (χ4n) is 2.65. The first-order valence-electron chi connectivity index (χ1n) is 6.83. The van der Waals surface area contributed by atoms with Gasteiger partial charge in [0.2, 0.25) is 0 Å². The van der Waals surface area contributed by atoms with Crippen LogP contribution in [0.2, 0.25) is 0 Å². The summed E-state index contributed by atoms with van der Waals surface area (Å²) in [5, 5.41) is 9.15. The number of carbonyl (C=O) groups excluding carboxylic acids is 1. The first kappa shape index (κ1) is 14.5. The van der Waals surface area contributed by atoms with Crippen molar-refractivity contribution in [2.24, 2.45) is 0 Å². The third kappa shape index (κ3) is 3.35. The van der Waals surface area contributed by atoms with Crippen LogP contribution in [0.25, 0.3) is 0 Å². The van der Waals surface area contributed by atoms with Crippen LogP contribution >= 0.6 is 11.8 Å². The minimum atomic E-state index is -0.879. The van der Waals surface area contributed by atoms with Gasteiger partial charge in [0.05, 0.1) is 0 Å². The Morgan fingerprint density at radius 2 is 2.00 bits per heavy atom. The van der Waals surface area contributed by atoms with Crippen LogP contribution < -0.4 is 0 Å². The van der Waals surface area contributed by atoms with E-state index in [4.69, 9.17) is 5.11 Å². The zero-order valence-corrected chi connectivity index (χ0v) is 12.4. The number of carboxylic acids is 1. The number of carboxylic acid groups (broad SMARTS) is 1. The van der Waals surface area contributed by atoms with Gasteiger partial charge in [0.25, 0.3) is 0 Å². The summed E-state index contributed by atoms with van der Waals surface area (Å²) in [6, 6.07) is -0.723. The second kappa shape index (κ2) is 5.61. The summed E-state index contributed by atoms with van der Waals surface area (Å²) >= 11 is 1.88. The molecule has 2 heterocycles. The third-order valence-corrected chi connectivity index (χ3v) is 5.26. The van der Waals surface area contributed by atoms with Gasteiger partial charge in [-0.2, -0.15) is 11.8 Å². The standard InChI is InChI=1S/C13H22N2O3S/c1-13(2)5-7-14(8-9-19-13)12(18)15-6-3-4-10(15)11(16)17/h10H,3-9H2,1-2H3,(H,16,17)/t10-/m0/s1. The zero-order chi connectivity index (χ0) is 14.0. The molecular formula is C13H22N2O3S. The summed E-state index contributed by atoms with van der Waals surface area (Å²) in [6.45, 7) is 6.41. The molecule has 6 heteroatoms. The molecule has 2 saturated heterocycles. The number of rotatable bonds is 1. The van der Waals surface area contributed by atoms with Gasteiger partial charge in [-0.05, 0) is 19.3 Å². The molecule has 0 aromatic rings. The number of amides is 2. The van der Waals surface area contributed by atoms with Crippen LogP contribution in [0.1, 0.15) is 33.1 Å². The summed E-state index contributed by atoms with van der Waals surface area (Å²) in [4.78, 5) is 27.0. The molecule has 0 radical (unpaired) electrons. The van der Waals surface area contributed by atoms with Crippen LogP contribution in [0.15, 0.2) is 0 Å². The van der Waals surface area contributed by atoms with Crippen molar-refractivity contribution in [1.29, 1.82) is 0 Å². The van der Waals surface area contributed by atoms with Crippen molar-refractivity contribution in [2.75, 3.05) is 25.4 Å². The van der Waals surface area contributed by atoms with Crippen molar-refractivity contribution in [3.8, 4) is 0 Å². The highest BCUT2D eigenvalue weighted by molar-refractivity contribution is 8.00. The Kier molecular flexibility index (Phi) is 4.28. The first-order chi connectivity index (χ1) is 8.91. The summed E-state index contributed by atoms with van der Waals surface area (Å²) < 4.78 is 0.201. The first-order valence-corrected chi connectivity index (χ1v) is 7.81. The average molecular weight is 286 g/mol. The van der Waals surface area contributed by atoms with E-state index in [1.54, 1.807) is 0 Å². The minimum Gasteiger partial charge on any atom is -0.480 e. The molecular weight excluding hydrogens is 264 g/mol. The van der Waals surface area contributed by atoms with Crippen molar-refractivity contribution >= 4 is 23.8 Å². The normalized spacial score (nSPS) is 27.2. The number of urea groups is 1. The predicted octanol–water partition coefficient (Wildman–Crippen LogP) is 1.87. The number of aliphatic carboxylic acids is 1. The lowest BCUT2D eigenvalue weighted by Crippen LogP contribution is -2.48. The molecule has 0 aliphatic carbocycles. The molecule has 19 heavy (non-hydrogen) atoms. The largest absolute Gasteiger partial charge is 0.480 e. The smallest absolute Gasteiger partial charge is 0.326 e. The third-order valence-electron chi connectivity index (χ3n) is 3.89. The molecule has 0 aromatic carbocycles. The van der Waals surface area contributed by atoms with Crippen molar-refractivity contribution in [2.45, 2.75) is 43.9 Å². The van der Waals surface area contributed by atoms with Crippen molar-refractivity contribution in [3.05, 3.63) is 0 Å². The number of hydrogen-bond acceptors (Lipinski definition) is 3. The van der Waals surface area contributed by atoms with E-state index in [1.165, 1.54) is 4.90 Å². The summed E-state index contributed by atoms with van der Waals surface area (Å²) in [5.74, 6) is 0.0417. The number of likely N-dealkylation sites (tertiary alicyclic amines) is 1. The van der Waals surface area contributed by atoms with Gasteiger partial charge < -0.3 is 14.9 Å². The molecule has 1 atom stereocenters. The van der Waals surface area contributed by atoms with Crippen molar-refractivity contribution in [1.82, 2.24) is 9.80 Å². The van der Waals surface area contributed by atoms with Crippen molar-refractivity contribution < 1.29 is 14.7 Å². The Morgan fingerprint density at radius 3 is 2.68 bits per heavy atom. The van der Waals surface area contributed by atoms with Gasteiger partial charge in [-0.3, -0.25) is 0 Å². The molecule has 0 saturated carbocycles. The van der Waals surface area contributed by atoms with Crippen LogP contribution in [0, 0.1) is 0 Å². The number of carbonyl (C=O) groups is 2. The minimum absolute atomic E-state index is 0.0943. The van der Waals surface area contributed by atoms with Gasteiger partial charge in [-0.15, -0.1) is 0 Å². The van der Waals surface area contributed by atoms with E-state index in [1.807, 2.05) is 16.7 Å². The number of thioether (sulfide) groups is 1. The molecule has 2 amide bonds. The fraction of sp³-hybridized carbons (Fsp3) is 0.846. The Morgan fingerprint density at radius 1 is 1.26 bits per heavy atom. The molecule has 2 rings (SSSR count). The van der Waals surface area contributed by atoms with E-state index in [-0.39, 0.29) is 10.8 Å². The van der Waals surface area contributed by atoms with Crippen LogP contribution in [0.4, 0.5) is 4.79 Å². The molecule has 108 valence electrons. The maximum absolute atomic E-state index is 12.5. The topological polar surface area (TPSA) is 60.9 Å². The molecule has 5 nitrogen and oxygen atoms in total. The zero-order valence-electron chi connectivity index (χ0n) is 11.6. The Bertz CT molecular complexity index is 373. The van der Waals surface area contributed by atoms with E-state index in [9.17, 15) is 9.59 Å². The maximum atomic E-state index is 12.5. The quantitative estimate of drug-likeness (QED) is 0.799.